The zero-order valence-corrected chi connectivity index (χ0v) is 15.8. The van der Waals surface area contributed by atoms with Crippen LogP contribution in [0.1, 0.15) is 12.5 Å². The molecule has 6 nitrogen and oxygen atoms in total. The molecule has 0 aliphatic carbocycles. The maximum atomic E-state index is 12.1. The van der Waals surface area contributed by atoms with Gasteiger partial charge in [-0.1, -0.05) is 42.5 Å². The maximum Gasteiger partial charge on any atom is 0.279 e. The Labute approximate surface area is 163 Å². The van der Waals surface area contributed by atoms with E-state index in [4.69, 9.17) is 9.47 Å². The number of carbonyl (C=O) groups excluding carboxylic acids is 2. The first kappa shape index (κ1) is 19.2. The average Bonchev–Trinajstić information content (AvgIpc) is 2.70. The molecule has 28 heavy (non-hydrogen) atoms. The zero-order chi connectivity index (χ0) is 19.9. The van der Waals surface area contributed by atoms with Crippen molar-refractivity contribution < 1.29 is 19.1 Å². The minimum Gasteiger partial charge on any atom is -0.484 e. The molecule has 0 heterocycles. The fraction of sp³-hybridized carbons (Fsp3) is 0.182. The third kappa shape index (κ3) is 5.23. The van der Waals surface area contributed by atoms with E-state index in [-0.39, 0.29) is 6.61 Å². The second-order valence-corrected chi connectivity index (χ2v) is 6.41. The number of fused-ring (bicyclic) bond motifs is 1. The molecule has 0 saturated carbocycles. The molecule has 1 atom stereocenters. The molecular formula is C22H22N2O4. The van der Waals surface area contributed by atoms with Crippen molar-refractivity contribution in [1.82, 2.24) is 10.9 Å². The molecule has 2 amide bonds. The van der Waals surface area contributed by atoms with Gasteiger partial charge in [-0.05, 0) is 54.4 Å². The van der Waals surface area contributed by atoms with Crippen LogP contribution >= 0.6 is 0 Å². The van der Waals surface area contributed by atoms with E-state index in [1.165, 1.54) is 0 Å². The fourth-order valence-corrected chi connectivity index (χ4v) is 2.62. The van der Waals surface area contributed by atoms with Crippen molar-refractivity contribution in [2.45, 2.75) is 20.0 Å². The Bertz CT molecular complexity index is 987. The van der Waals surface area contributed by atoms with Gasteiger partial charge in [0.2, 0.25) is 0 Å². The Morgan fingerprint density at radius 2 is 1.68 bits per heavy atom. The van der Waals surface area contributed by atoms with Crippen LogP contribution in [0.2, 0.25) is 0 Å². The lowest BCUT2D eigenvalue weighted by atomic mass is 10.1. The highest BCUT2D eigenvalue weighted by molar-refractivity contribution is 5.86. The van der Waals surface area contributed by atoms with Crippen LogP contribution < -0.4 is 20.3 Å². The van der Waals surface area contributed by atoms with E-state index in [9.17, 15) is 9.59 Å². The number of ether oxygens (including phenoxy) is 2. The van der Waals surface area contributed by atoms with E-state index in [1.54, 1.807) is 19.1 Å². The van der Waals surface area contributed by atoms with Gasteiger partial charge in [-0.15, -0.1) is 0 Å². The number of nitrogens with one attached hydrogen (secondary N) is 2. The van der Waals surface area contributed by atoms with Crippen LogP contribution in [-0.4, -0.2) is 24.5 Å². The standard InChI is InChI=1S/C22H22N2O4/c1-15-6-5-9-19(12-15)27-14-21(25)23-24-22(26)16(2)28-20-11-10-17-7-3-4-8-18(17)13-20/h3-13,16H,14H2,1-2H3,(H,23,25)(H,24,26). The van der Waals surface area contributed by atoms with Gasteiger partial charge in [0, 0.05) is 0 Å². The molecule has 6 heteroatoms. The molecule has 2 N–H and O–H groups in total. The number of benzene rings is 3. The third-order valence-electron chi connectivity index (χ3n) is 4.09. The van der Waals surface area contributed by atoms with Gasteiger partial charge < -0.3 is 9.47 Å². The summed E-state index contributed by atoms with van der Waals surface area (Å²) >= 11 is 0. The first-order valence-electron chi connectivity index (χ1n) is 8.95. The molecule has 144 valence electrons. The van der Waals surface area contributed by atoms with Gasteiger partial charge in [-0.2, -0.15) is 0 Å². The number of aryl methyl sites for hydroxylation is 1. The molecule has 3 aromatic carbocycles. The van der Waals surface area contributed by atoms with Crippen molar-refractivity contribution in [3.63, 3.8) is 0 Å². The Morgan fingerprint density at radius 3 is 2.46 bits per heavy atom. The summed E-state index contributed by atoms with van der Waals surface area (Å²) in [5, 5.41) is 2.11. The molecule has 0 aromatic heterocycles. The van der Waals surface area contributed by atoms with E-state index in [2.05, 4.69) is 10.9 Å². The maximum absolute atomic E-state index is 12.1. The van der Waals surface area contributed by atoms with Crippen molar-refractivity contribution in [3.8, 4) is 11.5 Å². The van der Waals surface area contributed by atoms with Gasteiger partial charge in [0.15, 0.2) is 12.7 Å². The number of amides is 2. The predicted molar refractivity (Wildman–Crippen MR) is 107 cm³/mol. The molecule has 0 spiro atoms. The van der Waals surface area contributed by atoms with Crippen molar-refractivity contribution in [1.29, 1.82) is 0 Å². The van der Waals surface area contributed by atoms with E-state index < -0.39 is 17.9 Å². The van der Waals surface area contributed by atoms with Crippen molar-refractivity contribution in [3.05, 3.63) is 72.3 Å². The second-order valence-electron chi connectivity index (χ2n) is 6.41. The monoisotopic (exact) mass is 378 g/mol. The first-order valence-corrected chi connectivity index (χ1v) is 8.95. The predicted octanol–water partition coefficient (Wildman–Crippen LogP) is 3.14. The Kier molecular flexibility index (Phi) is 6.11. The summed E-state index contributed by atoms with van der Waals surface area (Å²) in [5.41, 5.74) is 5.70. The Balaban J connectivity index is 1.46. The van der Waals surface area contributed by atoms with Crippen LogP contribution in [-0.2, 0) is 9.59 Å². The van der Waals surface area contributed by atoms with Gasteiger partial charge in [0.1, 0.15) is 11.5 Å². The molecule has 0 saturated heterocycles. The fourth-order valence-electron chi connectivity index (χ4n) is 2.62. The minimum atomic E-state index is -0.779. The molecule has 0 bridgehead atoms. The highest BCUT2D eigenvalue weighted by atomic mass is 16.5. The van der Waals surface area contributed by atoms with Crippen LogP contribution in [0.4, 0.5) is 0 Å². The van der Waals surface area contributed by atoms with E-state index >= 15 is 0 Å². The van der Waals surface area contributed by atoms with E-state index in [0.717, 1.165) is 16.3 Å². The minimum absolute atomic E-state index is 0.205. The topological polar surface area (TPSA) is 76.7 Å². The van der Waals surface area contributed by atoms with Gasteiger partial charge in [0.05, 0.1) is 0 Å². The molecular weight excluding hydrogens is 356 g/mol. The largest absolute Gasteiger partial charge is 0.484 e. The van der Waals surface area contributed by atoms with E-state index in [0.29, 0.717) is 11.5 Å². The second kappa shape index (κ2) is 8.90. The van der Waals surface area contributed by atoms with Gasteiger partial charge in [-0.25, -0.2) is 0 Å². The summed E-state index contributed by atoms with van der Waals surface area (Å²) in [6, 6.07) is 20.9. The molecule has 3 aromatic rings. The van der Waals surface area contributed by atoms with Crippen LogP contribution in [0, 0.1) is 6.92 Å². The third-order valence-corrected chi connectivity index (χ3v) is 4.09. The van der Waals surface area contributed by atoms with Crippen LogP contribution in [0.3, 0.4) is 0 Å². The van der Waals surface area contributed by atoms with Gasteiger partial charge in [0.25, 0.3) is 11.8 Å². The summed E-state index contributed by atoms with van der Waals surface area (Å²) in [5.74, 6) is 0.245. The molecule has 1 unspecified atom stereocenters. The average molecular weight is 378 g/mol. The van der Waals surface area contributed by atoms with Crippen LogP contribution in [0.15, 0.2) is 66.7 Å². The van der Waals surface area contributed by atoms with E-state index in [1.807, 2.05) is 61.5 Å². The summed E-state index contributed by atoms with van der Waals surface area (Å²) in [6.07, 6.45) is -0.779. The lowest BCUT2D eigenvalue weighted by Gasteiger charge is -2.15. The quantitative estimate of drug-likeness (QED) is 0.646. The normalized spacial score (nSPS) is 11.5. The van der Waals surface area contributed by atoms with Crippen molar-refractivity contribution >= 4 is 22.6 Å². The lowest BCUT2D eigenvalue weighted by molar-refractivity contribution is -0.133. The molecule has 0 radical (unpaired) electrons. The molecule has 3 rings (SSSR count). The van der Waals surface area contributed by atoms with Gasteiger partial charge >= 0.3 is 0 Å². The summed E-state index contributed by atoms with van der Waals surface area (Å²) < 4.78 is 11.0. The summed E-state index contributed by atoms with van der Waals surface area (Å²) in [4.78, 5) is 24.0. The van der Waals surface area contributed by atoms with Crippen molar-refractivity contribution in [2.75, 3.05) is 6.61 Å². The number of carbonyl (C=O) groups is 2. The van der Waals surface area contributed by atoms with Crippen molar-refractivity contribution in [2.24, 2.45) is 0 Å². The smallest absolute Gasteiger partial charge is 0.279 e. The molecule has 0 aliphatic heterocycles. The SMILES string of the molecule is Cc1cccc(OCC(=O)NNC(=O)C(C)Oc2ccc3ccccc3c2)c1. The number of hydrogen-bond donors (Lipinski definition) is 2. The highest BCUT2D eigenvalue weighted by Gasteiger charge is 2.15. The number of rotatable bonds is 6. The first-order chi connectivity index (χ1) is 13.5. The molecule has 0 fully saturated rings. The van der Waals surface area contributed by atoms with Gasteiger partial charge in [-0.3, -0.25) is 20.4 Å². The number of hydrogen-bond acceptors (Lipinski definition) is 4. The highest BCUT2D eigenvalue weighted by Crippen LogP contribution is 2.21. The van der Waals surface area contributed by atoms with Crippen LogP contribution in [0.25, 0.3) is 10.8 Å². The van der Waals surface area contributed by atoms with Crippen LogP contribution in [0.5, 0.6) is 11.5 Å². The summed E-state index contributed by atoms with van der Waals surface area (Å²) in [7, 11) is 0. The lowest BCUT2D eigenvalue weighted by Crippen LogP contribution is -2.48. The Hall–Kier alpha value is -3.54. The number of hydrazine groups is 1. The Morgan fingerprint density at radius 1 is 0.893 bits per heavy atom. The summed E-state index contributed by atoms with van der Waals surface area (Å²) in [6.45, 7) is 3.34. The molecule has 0 aliphatic rings. The zero-order valence-electron chi connectivity index (χ0n) is 15.8.